The van der Waals surface area contributed by atoms with Crippen LogP contribution < -0.4 is 10.6 Å². The van der Waals surface area contributed by atoms with E-state index in [1.54, 1.807) is 23.9 Å². The summed E-state index contributed by atoms with van der Waals surface area (Å²) in [5.41, 5.74) is 0.538. The van der Waals surface area contributed by atoms with Gasteiger partial charge in [-0.05, 0) is 31.7 Å². The van der Waals surface area contributed by atoms with E-state index in [9.17, 15) is 4.79 Å². The fourth-order valence-electron chi connectivity index (χ4n) is 1.63. The maximum Gasteiger partial charge on any atom is 0.251 e. The van der Waals surface area contributed by atoms with Gasteiger partial charge in [0.25, 0.3) is 5.91 Å². The summed E-state index contributed by atoms with van der Waals surface area (Å²) in [5.74, 6) is 1.42. The fourth-order valence-corrected chi connectivity index (χ4v) is 2.56. The lowest BCUT2D eigenvalue weighted by molar-refractivity contribution is 0.0940. The van der Waals surface area contributed by atoms with Crippen LogP contribution in [0.2, 0.25) is 5.15 Å². The summed E-state index contributed by atoms with van der Waals surface area (Å²) in [6.07, 6.45) is 2.94. The van der Waals surface area contributed by atoms with E-state index in [1.807, 2.05) is 13.2 Å². The van der Waals surface area contributed by atoms with Gasteiger partial charge in [0.05, 0.1) is 0 Å². The third-order valence-corrected chi connectivity index (χ3v) is 3.54. The van der Waals surface area contributed by atoms with Crippen LogP contribution in [-0.2, 0) is 0 Å². The molecule has 1 unspecified atom stereocenters. The van der Waals surface area contributed by atoms with Crippen LogP contribution in [0.5, 0.6) is 0 Å². The van der Waals surface area contributed by atoms with Crippen molar-refractivity contribution in [2.45, 2.75) is 26.3 Å². The van der Waals surface area contributed by atoms with Crippen molar-refractivity contribution in [3.8, 4) is 0 Å². The highest BCUT2D eigenvalue weighted by molar-refractivity contribution is 7.98. The molecular weight excluding hydrogens is 282 g/mol. The van der Waals surface area contributed by atoms with E-state index in [-0.39, 0.29) is 11.9 Å². The molecule has 0 spiro atoms. The zero-order valence-corrected chi connectivity index (χ0v) is 13.1. The Bertz CT molecular complexity index is 428. The lowest BCUT2D eigenvalue weighted by Crippen LogP contribution is -2.36. The van der Waals surface area contributed by atoms with E-state index in [0.29, 0.717) is 16.5 Å². The van der Waals surface area contributed by atoms with E-state index >= 15 is 0 Å². The lowest BCUT2D eigenvalue weighted by Gasteiger charge is -2.16. The van der Waals surface area contributed by atoms with Gasteiger partial charge in [0.1, 0.15) is 11.0 Å². The molecule has 1 heterocycles. The molecule has 1 aromatic heterocycles. The number of hydrogen-bond acceptors (Lipinski definition) is 4. The van der Waals surface area contributed by atoms with Gasteiger partial charge >= 0.3 is 0 Å². The number of pyridine rings is 1. The van der Waals surface area contributed by atoms with Gasteiger partial charge in [-0.15, -0.1) is 0 Å². The number of nitrogens with one attached hydrogen (secondary N) is 2. The average Bonchev–Trinajstić information content (AvgIpc) is 2.37. The molecule has 1 amide bonds. The Morgan fingerprint density at radius 3 is 2.79 bits per heavy atom. The first-order valence-corrected chi connectivity index (χ1v) is 8.09. The van der Waals surface area contributed by atoms with Gasteiger partial charge in [0.15, 0.2) is 0 Å². The topological polar surface area (TPSA) is 54.0 Å². The van der Waals surface area contributed by atoms with Crippen LogP contribution in [0.4, 0.5) is 5.82 Å². The van der Waals surface area contributed by atoms with E-state index in [0.717, 1.165) is 18.7 Å². The van der Waals surface area contributed by atoms with Gasteiger partial charge in [0.2, 0.25) is 0 Å². The van der Waals surface area contributed by atoms with E-state index in [4.69, 9.17) is 11.6 Å². The molecule has 0 bridgehead atoms. The summed E-state index contributed by atoms with van der Waals surface area (Å²) < 4.78 is 0. The Morgan fingerprint density at radius 1 is 1.47 bits per heavy atom. The fraction of sp³-hybridized carbons (Fsp3) is 0.538. The second-order valence-corrected chi connectivity index (χ2v) is 5.43. The standard InChI is InChI=1S/C13H20ClN3OS/c1-4-10(8-19-3)16-13(18)9-6-11(14)17-12(7-9)15-5-2/h6-7,10H,4-5,8H2,1-3H3,(H,15,17)(H,16,18). The Morgan fingerprint density at radius 2 is 2.21 bits per heavy atom. The third-order valence-electron chi connectivity index (χ3n) is 2.61. The molecule has 0 fully saturated rings. The molecule has 0 aliphatic heterocycles. The molecule has 0 radical (unpaired) electrons. The highest BCUT2D eigenvalue weighted by atomic mass is 35.5. The summed E-state index contributed by atoms with van der Waals surface area (Å²) >= 11 is 7.65. The number of halogens is 1. The van der Waals surface area contributed by atoms with Crippen molar-refractivity contribution in [1.82, 2.24) is 10.3 Å². The third kappa shape index (κ3) is 5.28. The Labute approximate surface area is 123 Å². The van der Waals surface area contributed by atoms with Crippen LogP contribution >= 0.6 is 23.4 Å². The average molecular weight is 302 g/mol. The highest BCUT2D eigenvalue weighted by Gasteiger charge is 2.13. The summed E-state index contributed by atoms with van der Waals surface area (Å²) in [6.45, 7) is 4.76. The van der Waals surface area contributed by atoms with Gasteiger partial charge in [-0.2, -0.15) is 11.8 Å². The normalized spacial score (nSPS) is 12.0. The van der Waals surface area contributed by atoms with E-state index in [1.165, 1.54) is 0 Å². The number of rotatable bonds is 7. The second-order valence-electron chi connectivity index (χ2n) is 4.13. The summed E-state index contributed by atoms with van der Waals surface area (Å²) in [5, 5.41) is 6.38. The number of carbonyl (C=O) groups is 1. The Kier molecular flexibility index (Phi) is 7.02. The largest absolute Gasteiger partial charge is 0.370 e. The zero-order chi connectivity index (χ0) is 14.3. The minimum atomic E-state index is -0.107. The predicted octanol–water partition coefficient (Wildman–Crippen LogP) is 3.04. The zero-order valence-electron chi connectivity index (χ0n) is 11.5. The molecule has 0 saturated carbocycles. The summed E-state index contributed by atoms with van der Waals surface area (Å²) in [6, 6.07) is 3.48. The monoisotopic (exact) mass is 301 g/mol. The number of aromatic nitrogens is 1. The van der Waals surface area contributed by atoms with Gasteiger partial charge in [-0.3, -0.25) is 4.79 Å². The molecule has 1 aromatic rings. The molecule has 2 N–H and O–H groups in total. The maximum absolute atomic E-state index is 12.2. The van der Waals surface area contributed by atoms with Gasteiger partial charge in [0, 0.05) is 23.9 Å². The van der Waals surface area contributed by atoms with Gasteiger partial charge < -0.3 is 10.6 Å². The van der Waals surface area contributed by atoms with Crippen LogP contribution in [0.1, 0.15) is 30.6 Å². The van der Waals surface area contributed by atoms with E-state index < -0.39 is 0 Å². The van der Waals surface area contributed by atoms with Crippen molar-refractivity contribution >= 4 is 35.1 Å². The van der Waals surface area contributed by atoms with Crippen LogP contribution in [0.3, 0.4) is 0 Å². The number of hydrogen-bond donors (Lipinski definition) is 2. The second kappa shape index (κ2) is 8.27. The smallest absolute Gasteiger partial charge is 0.251 e. The van der Waals surface area contributed by atoms with Crippen LogP contribution in [0.15, 0.2) is 12.1 Å². The first-order valence-electron chi connectivity index (χ1n) is 6.31. The molecule has 19 heavy (non-hydrogen) atoms. The van der Waals surface area contributed by atoms with Crippen molar-refractivity contribution in [3.05, 3.63) is 22.8 Å². The molecule has 106 valence electrons. The highest BCUT2D eigenvalue weighted by Crippen LogP contribution is 2.15. The van der Waals surface area contributed by atoms with Crippen molar-refractivity contribution in [3.63, 3.8) is 0 Å². The lowest BCUT2D eigenvalue weighted by atomic mass is 10.2. The Hall–Kier alpha value is -0.940. The predicted molar refractivity (Wildman–Crippen MR) is 83.3 cm³/mol. The van der Waals surface area contributed by atoms with Crippen LogP contribution in [0.25, 0.3) is 0 Å². The minimum Gasteiger partial charge on any atom is -0.370 e. The summed E-state index contributed by atoms with van der Waals surface area (Å²) in [7, 11) is 0. The molecule has 1 atom stereocenters. The molecule has 6 heteroatoms. The molecule has 4 nitrogen and oxygen atoms in total. The number of nitrogens with zero attached hydrogens (tertiary/aromatic N) is 1. The number of carbonyl (C=O) groups excluding carboxylic acids is 1. The van der Waals surface area contributed by atoms with Gasteiger partial charge in [-0.25, -0.2) is 4.98 Å². The van der Waals surface area contributed by atoms with Gasteiger partial charge in [-0.1, -0.05) is 18.5 Å². The molecular formula is C13H20ClN3OS. The molecule has 0 aliphatic carbocycles. The first kappa shape index (κ1) is 16.1. The van der Waals surface area contributed by atoms with Crippen molar-refractivity contribution in [2.24, 2.45) is 0 Å². The molecule has 0 aliphatic rings. The number of anilines is 1. The van der Waals surface area contributed by atoms with Crippen LogP contribution in [0, 0.1) is 0 Å². The van der Waals surface area contributed by atoms with Crippen molar-refractivity contribution in [2.75, 3.05) is 23.9 Å². The minimum absolute atomic E-state index is 0.107. The quantitative estimate of drug-likeness (QED) is 0.760. The van der Waals surface area contributed by atoms with Crippen LogP contribution in [-0.4, -0.2) is 35.5 Å². The number of amides is 1. The number of thioether (sulfide) groups is 1. The molecule has 1 rings (SSSR count). The van der Waals surface area contributed by atoms with Crippen molar-refractivity contribution in [1.29, 1.82) is 0 Å². The SMILES string of the molecule is CCNc1cc(C(=O)NC(CC)CSC)cc(Cl)n1. The molecule has 0 saturated heterocycles. The van der Waals surface area contributed by atoms with Crippen molar-refractivity contribution < 1.29 is 4.79 Å². The first-order chi connectivity index (χ1) is 9.10. The van der Waals surface area contributed by atoms with E-state index in [2.05, 4.69) is 22.5 Å². The Balaban J connectivity index is 2.80. The summed E-state index contributed by atoms with van der Waals surface area (Å²) in [4.78, 5) is 16.3. The maximum atomic E-state index is 12.2. The molecule has 0 aromatic carbocycles.